The quantitative estimate of drug-likeness (QED) is 0.345. The van der Waals surface area contributed by atoms with E-state index in [1.54, 1.807) is 6.21 Å². The number of nitrogens with zero attached hydrogens (tertiary/aromatic N) is 4. The fourth-order valence-electron chi connectivity index (χ4n) is 2.70. The molecule has 0 aliphatic carbocycles. The number of amides is 1. The molecule has 148 valence electrons. The van der Waals surface area contributed by atoms with E-state index in [1.165, 1.54) is 11.8 Å². The van der Waals surface area contributed by atoms with Crippen molar-refractivity contribution in [2.45, 2.75) is 25.5 Å². The van der Waals surface area contributed by atoms with Gasteiger partial charge in [0.2, 0.25) is 0 Å². The van der Waals surface area contributed by atoms with Gasteiger partial charge < -0.3 is 4.57 Å². The molecule has 29 heavy (non-hydrogen) atoms. The second-order valence-corrected chi connectivity index (χ2v) is 7.24. The highest BCUT2D eigenvalue weighted by Crippen LogP contribution is 2.23. The Bertz CT molecular complexity index is 997. The third-order valence-electron chi connectivity index (χ3n) is 4.05. The summed E-state index contributed by atoms with van der Waals surface area (Å²) in [5.74, 6) is 0.826. The fourth-order valence-corrected chi connectivity index (χ4v) is 3.49. The number of benzene rings is 2. The predicted octanol–water partition coefficient (Wildman–Crippen LogP) is 4.26. The molecule has 0 unspecified atom stereocenters. The first-order valence-corrected chi connectivity index (χ1v) is 10.3. The van der Waals surface area contributed by atoms with Crippen molar-refractivity contribution in [1.29, 1.82) is 0 Å². The molecule has 0 radical (unpaired) electrons. The van der Waals surface area contributed by atoms with Crippen LogP contribution in [0.15, 0.2) is 76.5 Å². The van der Waals surface area contributed by atoms with E-state index in [0.717, 1.165) is 29.1 Å². The Hall–Kier alpha value is -3.19. The lowest BCUT2D eigenvalue weighted by atomic mass is 10.1. The SMILES string of the molecule is CCn1c(SCC(=O)NN=CC(C)=Cc2ccccc2)nnc1-c1ccccc1. The summed E-state index contributed by atoms with van der Waals surface area (Å²) in [5, 5.41) is 13.3. The Kier molecular flexibility index (Phi) is 7.35. The third kappa shape index (κ3) is 5.89. The van der Waals surface area contributed by atoms with Gasteiger partial charge in [-0.25, -0.2) is 5.43 Å². The highest BCUT2D eigenvalue weighted by molar-refractivity contribution is 7.99. The lowest BCUT2D eigenvalue weighted by Crippen LogP contribution is -2.20. The van der Waals surface area contributed by atoms with Crippen molar-refractivity contribution in [1.82, 2.24) is 20.2 Å². The minimum atomic E-state index is -0.189. The van der Waals surface area contributed by atoms with Crippen molar-refractivity contribution in [3.63, 3.8) is 0 Å². The molecular formula is C22H23N5OS. The second-order valence-electron chi connectivity index (χ2n) is 6.30. The van der Waals surface area contributed by atoms with Gasteiger partial charge in [0.15, 0.2) is 11.0 Å². The van der Waals surface area contributed by atoms with Crippen LogP contribution in [-0.4, -0.2) is 32.6 Å². The zero-order chi connectivity index (χ0) is 20.5. The smallest absolute Gasteiger partial charge is 0.250 e. The zero-order valence-electron chi connectivity index (χ0n) is 16.4. The summed E-state index contributed by atoms with van der Waals surface area (Å²) in [7, 11) is 0. The van der Waals surface area contributed by atoms with Crippen molar-refractivity contribution in [3.05, 3.63) is 71.8 Å². The van der Waals surface area contributed by atoms with Gasteiger partial charge in [-0.1, -0.05) is 78.5 Å². The first-order valence-electron chi connectivity index (χ1n) is 9.34. The summed E-state index contributed by atoms with van der Waals surface area (Å²) < 4.78 is 2.00. The number of hydrogen-bond acceptors (Lipinski definition) is 5. The van der Waals surface area contributed by atoms with Gasteiger partial charge in [-0.05, 0) is 25.0 Å². The van der Waals surface area contributed by atoms with Crippen molar-refractivity contribution in [2.75, 3.05) is 5.75 Å². The molecule has 0 aliphatic heterocycles. The van der Waals surface area contributed by atoms with Crippen LogP contribution in [0.3, 0.4) is 0 Å². The van der Waals surface area contributed by atoms with E-state index in [0.29, 0.717) is 5.16 Å². The van der Waals surface area contributed by atoms with Gasteiger partial charge in [0, 0.05) is 12.1 Å². The maximum atomic E-state index is 12.1. The molecule has 1 N–H and O–H groups in total. The molecule has 0 saturated carbocycles. The molecule has 7 heteroatoms. The van der Waals surface area contributed by atoms with E-state index < -0.39 is 0 Å². The fraction of sp³-hybridized carbons (Fsp3) is 0.182. The Labute approximate surface area is 174 Å². The van der Waals surface area contributed by atoms with Crippen LogP contribution in [0.2, 0.25) is 0 Å². The van der Waals surface area contributed by atoms with Crippen molar-refractivity contribution in [2.24, 2.45) is 5.10 Å². The Morgan fingerprint density at radius 2 is 1.79 bits per heavy atom. The van der Waals surface area contributed by atoms with Crippen LogP contribution < -0.4 is 5.43 Å². The van der Waals surface area contributed by atoms with Gasteiger partial charge >= 0.3 is 0 Å². The third-order valence-corrected chi connectivity index (χ3v) is 5.02. The first kappa shape index (κ1) is 20.5. The summed E-state index contributed by atoms with van der Waals surface area (Å²) in [5.41, 5.74) is 5.60. The molecule has 0 atom stereocenters. The number of allylic oxidation sites excluding steroid dienone is 1. The van der Waals surface area contributed by atoms with E-state index in [9.17, 15) is 4.79 Å². The zero-order valence-corrected chi connectivity index (χ0v) is 17.3. The number of aromatic nitrogens is 3. The summed E-state index contributed by atoms with van der Waals surface area (Å²) in [6, 6.07) is 19.9. The summed E-state index contributed by atoms with van der Waals surface area (Å²) in [4.78, 5) is 12.1. The lowest BCUT2D eigenvalue weighted by Gasteiger charge is -2.06. The van der Waals surface area contributed by atoms with E-state index in [2.05, 4.69) is 20.7 Å². The molecule has 6 nitrogen and oxygen atoms in total. The molecule has 0 bridgehead atoms. The normalized spacial score (nSPS) is 11.7. The molecule has 1 aromatic heterocycles. The molecule has 0 saturated heterocycles. The highest BCUT2D eigenvalue weighted by Gasteiger charge is 2.14. The van der Waals surface area contributed by atoms with Crippen LogP contribution in [0.4, 0.5) is 0 Å². The van der Waals surface area contributed by atoms with Crippen LogP contribution in [0, 0.1) is 0 Å². The minimum absolute atomic E-state index is 0.189. The predicted molar refractivity (Wildman–Crippen MR) is 119 cm³/mol. The molecular weight excluding hydrogens is 382 g/mol. The maximum Gasteiger partial charge on any atom is 0.250 e. The largest absolute Gasteiger partial charge is 0.302 e. The lowest BCUT2D eigenvalue weighted by molar-refractivity contribution is -0.118. The van der Waals surface area contributed by atoms with Gasteiger partial charge in [-0.3, -0.25) is 4.79 Å². The van der Waals surface area contributed by atoms with Gasteiger partial charge in [-0.15, -0.1) is 10.2 Å². The summed E-state index contributed by atoms with van der Waals surface area (Å²) in [6.07, 6.45) is 3.64. The number of nitrogens with one attached hydrogen (secondary N) is 1. The first-order chi connectivity index (χ1) is 14.2. The van der Waals surface area contributed by atoms with E-state index in [-0.39, 0.29) is 11.7 Å². The number of hydrazone groups is 1. The van der Waals surface area contributed by atoms with E-state index in [4.69, 9.17) is 0 Å². The van der Waals surface area contributed by atoms with Crippen molar-refractivity contribution < 1.29 is 4.79 Å². The van der Waals surface area contributed by atoms with Crippen LogP contribution in [0.5, 0.6) is 0 Å². The van der Waals surface area contributed by atoms with Gasteiger partial charge in [0.05, 0.1) is 12.0 Å². The van der Waals surface area contributed by atoms with E-state index >= 15 is 0 Å². The Morgan fingerprint density at radius 1 is 1.10 bits per heavy atom. The van der Waals surface area contributed by atoms with Crippen molar-refractivity contribution >= 4 is 30.0 Å². The molecule has 0 fully saturated rings. The van der Waals surface area contributed by atoms with Crippen molar-refractivity contribution in [3.8, 4) is 11.4 Å². The van der Waals surface area contributed by atoms with Crippen LogP contribution in [-0.2, 0) is 11.3 Å². The average Bonchev–Trinajstić information content (AvgIpc) is 3.16. The molecule has 3 aromatic rings. The number of carbonyl (C=O) groups is 1. The van der Waals surface area contributed by atoms with Crippen LogP contribution in [0.1, 0.15) is 19.4 Å². The Morgan fingerprint density at radius 3 is 2.48 bits per heavy atom. The van der Waals surface area contributed by atoms with Crippen LogP contribution in [0.25, 0.3) is 17.5 Å². The monoisotopic (exact) mass is 405 g/mol. The van der Waals surface area contributed by atoms with Gasteiger partial charge in [0.25, 0.3) is 5.91 Å². The van der Waals surface area contributed by atoms with E-state index in [1.807, 2.05) is 85.2 Å². The number of hydrogen-bond donors (Lipinski definition) is 1. The molecule has 3 rings (SSSR count). The second kappa shape index (κ2) is 10.4. The number of rotatable bonds is 8. The Balaban J connectivity index is 1.54. The average molecular weight is 406 g/mol. The topological polar surface area (TPSA) is 72.2 Å². The minimum Gasteiger partial charge on any atom is -0.302 e. The van der Waals surface area contributed by atoms with Gasteiger partial charge in [0.1, 0.15) is 0 Å². The highest BCUT2D eigenvalue weighted by atomic mass is 32.2. The number of thioether (sulfide) groups is 1. The van der Waals surface area contributed by atoms with Crippen LogP contribution >= 0.6 is 11.8 Å². The molecule has 2 aromatic carbocycles. The van der Waals surface area contributed by atoms with Gasteiger partial charge in [-0.2, -0.15) is 5.10 Å². The summed E-state index contributed by atoms with van der Waals surface area (Å²) >= 11 is 1.35. The molecule has 0 aliphatic rings. The molecule has 0 spiro atoms. The standard InChI is InChI=1S/C22H23N5OS/c1-3-27-21(19-12-8-5-9-13-19)25-26-22(27)29-16-20(28)24-23-15-17(2)14-18-10-6-4-7-11-18/h4-15H,3,16H2,1-2H3,(H,24,28). The molecule has 1 heterocycles. The number of carbonyl (C=O) groups excluding carboxylic acids is 1. The maximum absolute atomic E-state index is 12.1. The molecule has 1 amide bonds. The summed E-state index contributed by atoms with van der Waals surface area (Å²) in [6.45, 7) is 4.70.